The van der Waals surface area contributed by atoms with E-state index in [-0.39, 0.29) is 5.88 Å². The van der Waals surface area contributed by atoms with Crippen molar-refractivity contribution in [2.45, 2.75) is 12.4 Å². The SMILES string of the molecule is COc1c(Cl)cc(CNc2nc(CCl)nc3ccccc23)cc1Cl. The number of para-hydroxylation sites is 1. The lowest BCUT2D eigenvalue weighted by Crippen LogP contribution is -2.05. The molecule has 1 N–H and O–H groups in total. The molecule has 0 saturated carbocycles. The smallest absolute Gasteiger partial charge is 0.156 e. The second-order valence-corrected chi connectivity index (χ2v) is 6.17. The summed E-state index contributed by atoms with van der Waals surface area (Å²) in [6.45, 7) is 0.506. The Morgan fingerprint density at radius 3 is 2.46 bits per heavy atom. The maximum Gasteiger partial charge on any atom is 0.156 e. The zero-order valence-corrected chi connectivity index (χ0v) is 15.1. The van der Waals surface area contributed by atoms with Crippen LogP contribution in [0.4, 0.5) is 5.82 Å². The maximum atomic E-state index is 6.18. The summed E-state index contributed by atoms with van der Waals surface area (Å²) in [5.74, 6) is 2.02. The highest BCUT2D eigenvalue weighted by Crippen LogP contribution is 2.34. The monoisotopic (exact) mass is 381 g/mol. The van der Waals surface area contributed by atoms with Gasteiger partial charge in [0.05, 0.1) is 28.6 Å². The second kappa shape index (κ2) is 7.43. The van der Waals surface area contributed by atoms with Gasteiger partial charge in [-0.15, -0.1) is 11.6 Å². The first-order valence-electron chi connectivity index (χ1n) is 7.19. The Kier molecular flexibility index (Phi) is 5.29. The van der Waals surface area contributed by atoms with E-state index in [1.165, 1.54) is 7.11 Å². The summed E-state index contributed by atoms with van der Waals surface area (Å²) < 4.78 is 5.16. The van der Waals surface area contributed by atoms with Gasteiger partial charge in [-0.3, -0.25) is 0 Å². The van der Waals surface area contributed by atoms with Crippen LogP contribution >= 0.6 is 34.8 Å². The average Bonchev–Trinajstić information content (AvgIpc) is 2.59. The van der Waals surface area contributed by atoms with Crippen molar-refractivity contribution in [1.82, 2.24) is 9.97 Å². The third-order valence-corrected chi connectivity index (χ3v) is 4.29. The topological polar surface area (TPSA) is 47.0 Å². The fourth-order valence-electron chi connectivity index (χ4n) is 2.41. The first-order chi connectivity index (χ1) is 11.6. The van der Waals surface area contributed by atoms with Gasteiger partial charge in [0, 0.05) is 11.9 Å². The second-order valence-electron chi connectivity index (χ2n) is 5.09. The van der Waals surface area contributed by atoms with E-state index in [1.807, 2.05) is 36.4 Å². The van der Waals surface area contributed by atoms with Crippen molar-refractivity contribution >= 4 is 51.5 Å². The predicted octanol–water partition coefficient (Wildman–Crippen LogP) is 5.30. The first-order valence-corrected chi connectivity index (χ1v) is 8.49. The number of hydrogen-bond donors (Lipinski definition) is 1. The van der Waals surface area contributed by atoms with Crippen molar-refractivity contribution < 1.29 is 4.74 Å². The number of hydrogen-bond acceptors (Lipinski definition) is 4. The van der Waals surface area contributed by atoms with E-state index in [9.17, 15) is 0 Å². The summed E-state index contributed by atoms with van der Waals surface area (Å²) in [6, 6.07) is 11.4. The number of fused-ring (bicyclic) bond motifs is 1. The van der Waals surface area contributed by atoms with E-state index >= 15 is 0 Å². The molecule has 0 aliphatic rings. The number of ether oxygens (including phenoxy) is 1. The van der Waals surface area contributed by atoms with Gasteiger partial charge in [-0.2, -0.15) is 0 Å². The third kappa shape index (κ3) is 3.51. The molecule has 0 unspecified atom stereocenters. The first kappa shape index (κ1) is 17.1. The molecule has 0 spiro atoms. The lowest BCUT2D eigenvalue weighted by Gasteiger charge is -2.12. The standard InChI is InChI=1S/C17H14Cl3N3O/c1-24-16-12(19)6-10(7-13(16)20)9-21-17-11-4-2-3-5-14(11)22-15(8-18)23-17/h2-7H,8-9H2,1H3,(H,21,22,23). The van der Waals surface area contributed by atoms with E-state index in [2.05, 4.69) is 15.3 Å². The van der Waals surface area contributed by atoms with Crippen LogP contribution in [-0.2, 0) is 12.4 Å². The van der Waals surface area contributed by atoms with Crippen LogP contribution < -0.4 is 10.1 Å². The minimum atomic E-state index is 0.250. The van der Waals surface area contributed by atoms with E-state index in [0.29, 0.717) is 28.2 Å². The Bertz CT molecular complexity index is 863. The summed E-state index contributed by atoms with van der Waals surface area (Å²) >= 11 is 18.2. The molecule has 24 heavy (non-hydrogen) atoms. The molecule has 1 heterocycles. The van der Waals surface area contributed by atoms with Crippen molar-refractivity contribution in [2.75, 3.05) is 12.4 Å². The number of aromatic nitrogens is 2. The van der Waals surface area contributed by atoms with Crippen LogP contribution in [0.15, 0.2) is 36.4 Å². The van der Waals surface area contributed by atoms with Crippen LogP contribution in [0.1, 0.15) is 11.4 Å². The van der Waals surface area contributed by atoms with Gasteiger partial charge in [-0.1, -0.05) is 35.3 Å². The van der Waals surface area contributed by atoms with E-state index in [0.717, 1.165) is 22.3 Å². The third-order valence-electron chi connectivity index (χ3n) is 3.49. The highest BCUT2D eigenvalue weighted by atomic mass is 35.5. The van der Waals surface area contributed by atoms with Gasteiger partial charge in [0.15, 0.2) is 5.75 Å². The molecule has 0 aliphatic carbocycles. The Hall–Kier alpha value is -1.75. The highest BCUT2D eigenvalue weighted by Gasteiger charge is 2.10. The number of benzene rings is 2. The molecule has 0 atom stereocenters. The highest BCUT2D eigenvalue weighted by molar-refractivity contribution is 6.37. The van der Waals surface area contributed by atoms with Crippen LogP contribution in [0.3, 0.4) is 0 Å². The molecule has 1 aromatic heterocycles. The van der Waals surface area contributed by atoms with Crippen molar-refractivity contribution in [3.8, 4) is 5.75 Å². The molecule has 0 bridgehead atoms. The van der Waals surface area contributed by atoms with Crippen LogP contribution in [-0.4, -0.2) is 17.1 Å². The molecule has 124 valence electrons. The van der Waals surface area contributed by atoms with Gasteiger partial charge in [0.25, 0.3) is 0 Å². The fourth-order valence-corrected chi connectivity index (χ4v) is 3.22. The zero-order valence-electron chi connectivity index (χ0n) is 12.8. The lowest BCUT2D eigenvalue weighted by atomic mass is 10.2. The number of nitrogens with one attached hydrogen (secondary N) is 1. The van der Waals surface area contributed by atoms with Crippen LogP contribution in [0.2, 0.25) is 10.0 Å². The van der Waals surface area contributed by atoms with Crippen molar-refractivity contribution in [3.05, 3.63) is 57.8 Å². The molecular formula is C17H14Cl3N3O. The van der Waals surface area contributed by atoms with E-state index in [1.54, 1.807) is 0 Å². The molecular weight excluding hydrogens is 369 g/mol. The minimum absolute atomic E-state index is 0.250. The van der Waals surface area contributed by atoms with Crippen LogP contribution in [0.25, 0.3) is 10.9 Å². The molecule has 0 saturated heterocycles. The lowest BCUT2D eigenvalue weighted by molar-refractivity contribution is 0.415. The molecule has 7 heteroatoms. The summed E-state index contributed by atoms with van der Waals surface area (Å²) in [5, 5.41) is 5.17. The Morgan fingerprint density at radius 1 is 1.08 bits per heavy atom. The molecule has 4 nitrogen and oxygen atoms in total. The summed E-state index contributed by atoms with van der Waals surface area (Å²) in [6.07, 6.45) is 0. The molecule has 0 aliphatic heterocycles. The number of halogens is 3. The molecule has 0 amide bonds. The van der Waals surface area contributed by atoms with Crippen LogP contribution in [0, 0.1) is 0 Å². The quantitative estimate of drug-likeness (QED) is 0.609. The molecule has 3 rings (SSSR count). The molecule has 0 radical (unpaired) electrons. The maximum absolute atomic E-state index is 6.18. The summed E-state index contributed by atoms with van der Waals surface area (Å²) in [5.41, 5.74) is 1.76. The summed E-state index contributed by atoms with van der Waals surface area (Å²) in [4.78, 5) is 8.89. The number of methoxy groups -OCH3 is 1. The molecule has 3 aromatic rings. The van der Waals surface area contributed by atoms with Gasteiger partial charge in [-0.05, 0) is 29.8 Å². The van der Waals surface area contributed by atoms with E-state index in [4.69, 9.17) is 39.5 Å². The van der Waals surface area contributed by atoms with Gasteiger partial charge in [0.1, 0.15) is 11.6 Å². The largest absolute Gasteiger partial charge is 0.494 e. The van der Waals surface area contributed by atoms with Gasteiger partial charge in [0.2, 0.25) is 0 Å². The van der Waals surface area contributed by atoms with Gasteiger partial charge >= 0.3 is 0 Å². The number of anilines is 1. The molecule has 0 fully saturated rings. The Labute approximate surface area is 154 Å². The van der Waals surface area contributed by atoms with Crippen molar-refractivity contribution in [1.29, 1.82) is 0 Å². The van der Waals surface area contributed by atoms with Crippen molar-refractivity contribution in [3.63, 3.8) is 0 Å². The summed E-state index contributed by atoms with van der Waals surface area (Å²) in [7, 11) is 1.53. The van der Waals surface area contributed by atoms with E-state index < -0.39 is 0 Å². The Morgan fingerprint density at radius 2 is 1.79 bits per heavy atom. The molecule has 2 aromatic carbocycles. The normalized spacial score (nSPS) is 10.8. The average molecular weight is 383 g/mol. The fraction of sp³-hybridized carbons (Fsp3) is 0.176. The van der Waals surface area contributed by atoms with Crippen molar-refractivity contribution in [2.24, 2.45) is 0 Å². The minimum Gasteiger partial charge on any atom is -0.494 e. The number of alkyl halides is 1. The number of rotatable bonds is 5. The van der Waals surface area contributed by atoms with Gasteiger partial charge < -0.3 is 10.1 Å². The van der Waals surface area contributed by atoms with Gasteiger partial charge in [-0.25, -0.2) is 9.97 Å². The van der Waals surface area contributed by atoms with Crippen LogP contribution in [0.5, 0.6) is 5.75 Å². The Balaban J connectivity index is 1.91. The predicted molar refractivity (Wildman–Crippen MR) is 99.4 cm³/mol. The zero-order chi connectivity index (χ0) is 17.1. The number of nitrogens with zero attached hydrogens (tertiary/aromatic N) is 2.